The predicted octanol–water partition coefficient (Wildman–Crippen LogP) is 1.96. The summed E-state index contributed by atoms with van der Waals surface area (Å²) in [4.78, 5) is 13.6. The van der Waals surface area contributed by atoms with Crippen molar-refractivity contribution in [2.75, 3.05) is 7.11 Å². The summed E-state index contributed by atoms with van der Waals surface area (Å²) in [5.74, 6) is 0.834. The Labute approximate surface area is 83.4 Å². The molecule has 0 bridgehead atoms. The highest BCUT2D eigenvalue weighted by molar-refractivity contribution is 5.34. The number of benzene rings is 1. The van der Waals surface area contributed by atoms with Crippen molar-refractivity contribution >= 4 is 6.08 Å². The van der Waals surface area contributed by atoms with E-state index in [1.807, 2.05) is 31.2 Å². The highest BCUT2D eigenvalue weighted by atomic mass is 16.5. The Morgan fingerprint density at radius 2 is 2.07 bits per heavy atom. The first-order chi connectivity index (χ1) is 6.76. The summed E-state index contributed by atoms with van der Waals surface area (Å²) in [5, 5.41) is 0. The number of aliphatic imine (C=N–C) groups is 1. The zero-order valence-electron chi connectivity index (χ0n) is 8.36. The number of rotatable bonds is 4. The molecule has 0 radical (unpaired) electrons. The van der Waals surface area contributed by atoms with Crippen LogP contribution in [-0.4, -0.2) is 19.2 Å². The topological polar surface area (TPSA) is 38.7 Å². The van der Waals surface area contributed by atoms with Crippen LogP contribution in [0.2, 0.25) is 0 Å². The van der Waals surface area contributed by atoms with Crippen LogP contribution in [0.4, 0.5) is 0 Å². The van der Waals surface area contributed by atoms with Gasteiger partial charge in [0.25, 0.3) is 0 Å². The predicted molar refractivity (Wildman–Crippen MR) is 54.3 cm³/mol. The number of nitrogens with zero attached hydrogens (tertiary/aromatic N) is 1. The lowest BCUT2D eigenvalue weighted by molar-refractivity contribution is 0.414. The van der Waals surface area contributed by atoms with Gasteiger partial charge in [0.15, 0.2) is 0 Å². The van der Waals surface area contributed by atoms with Crippen LogP contribution < -0.4 is 4.74 Å². The summed E-state index contributed by atoms with van der Waals surface area (Å²) < 4.78 is 5.04. The minimum atomic E-state index is -0.0131. The quantitative estimate of drug-likeness (QED) is 0.539. The maximum absolute atomic E-state index is 9.99. The molecule has 1 aromatic carbocycles. The van der Waals surface area contributed by atoms with Gasteiger partial charge in [0.2, 0.25) is 6.08 Å². The molecule has 0 amide bonds. The van der Waals surface area contributed by atoms with Gasteiger partial charge in [-0.15, -0.1) is 0 Å². The molecule has 0 saturated heterocycles. The third-order valence-corrected chi connectivity index (χ3v) is 1.96. The van der Waals surface area contributed by atoms with Crippen LogP contribution in [0.3, 0.4) is 0 Å². The average molecular weight is 191 g/mol. The average Bonchev–Trinajstić information content (AvgIpc) is 2.19. The molecule has 0 aromatic heterocycles. The van der Waals surface area contributed by atoms with Gasteiger partial charge in [-0.2, -0.15) is 0 Å². The summed E-state index contributed by atoms with van der Waals surface area (Å²) >= 11 is 0. The van der Waals surface area contributed by atoms with Crippen molar-refractivity contribution in [3.05, 3.63) is 29.8 Å². The third kappa shape index (κ3) is 3.04. The number of carbonyl (C=O) groups excluding carboxylic acids is 1. The lowest BCUT2D eigenvalue weighted by atomic mass is 10.1. The number of hydrogen-bond donors (Lipinski definition) is 0. The fourth-order valence-electron chi connectivity index (χ4n) is 1.24. The summed E-state index contributed by atoms with van der Waals surface area (Å²) in [7, 11) is 1.63. The highest BCUT2D eigenvalue weighted by Gasteiger charge is 2.01. The summed E-state index contributed by atoms with van der Waals surface area (Å²) in [6.07, 6.45) is 2.31. The standard InChI is InChI=1S/C11H13NO2/c1-9(12-8-13)7-10-3-5-11(14-2)6-4-10/h3-6,9H,7H2,1-2H3. The molecule has 14 heavy (non-hydrogen) atoms. The van der Waals surface area contributed by atoms with Gasteiger partial charge in [-0.05, 0) is 31.0 Å². The third-order valence-electron chi connectivity index (χ3n) is 1.96. The van der Waals surface area contributed by atoms with E-state index in [9.17, 15) is 4.79 Å². The van der Waals surface area contributed by atoms with Crippen molar-refractivity contribution in [1.82, 2.24) is 0 Å². The second-order valence-electron chi connectivity index (χ2n) is 3.12. The van der Waals surface area contributed by atoms with Crippen LogP contribution in [0.25, 0.3) is 0 Å². The van der Waals surface area contributed by atoms with Gasteiger partial charge in [-0.1, -0.05) is 12.1 Å². The molecule has 1 rings (SSSR count). The van der Waals surface area contributed by atoms with E-state index in [2.05, 4.69) is 4.99 Å². The largest absolute Gasteiger partial charge is 0.497 e. The Bertz CT molecular complexity index is 326. The second kappa shape index (κ2) is 5.20. The van der Waals surface area contributed by atoms with Gasteiger partial charge in [-0.25, -0.2) is 9.79 Å². The van der Waals surface area contributed by atoms with Crippen molar-refractivity contribution in [2.24, 2.45) is 4.99 Å². The van der Waals surface area contributed by atoms with Gasteiger partial charge in [-0.3, -0.25) is 0 Å². The lowest BCUT2D eigenvalue weighted by Gasteiger charge is -2.05. The summed E-state index contributed by atoms with van der Waals surface area (Å²) in [6, 6.07) is 7.71. The molecule has 1 aromatic rings. The van der Waals surface area contributed by atoms with Crippen molar-refractivity contribution in [3.63, 3.8) is 0 Å². The fourth-order valence-corrected chi connectivity index (χ4v) is 1.24. The monoisotopic (exact) mass is 191 g/mol. The zero-order chi connectivity index (χ0) is 10.4. The van der Waals surface area contributed by atoms with Crippen LogP contribution in [0, 0.1) is 0 Å². The molecule has 0 spiro atoms. The molecule has 3 heteroatoms. The first-order valence-electron chi connectivity index (χ1n) is 4.46. The molecule has 0 heterocycles. The Balaban J connectivity index is 2.63. The van der Waals surface area contributed by atoms with Gasteiger partial charge in [0, 0.05) is 0 Å². The van der Waals surface area contributed by atoms with E-state index in [1.54, 1.807) is 13.2 Å². The fraction of sp³-hybridized carbons (Fsp3) is 0.364. The normalized spacial score (nSPS) is 11.6. The van der Waals surface area contributed by atoms with Crippen LogP contribution >= 0.6 is 0 Å². The van der Waals surface area contributed by atoms with Crippen molar-refractivity contribution in [3.8, 4) is 5.75 Å². The van der Waals surface area contributed by atoms with Gasteiger partial charge >= 0.3 is 0 Å². The number of isocyanates is 1. The molecule has 0 saturated carbocycles. The summed E-state index contributed by atoms with van der Waals surface area (Å²) in [6.45, 7) is 1.88. The second-order valence-corrected chi connectivity index (χ2v) is 3.12. The zero-order valence-corrected chi connectivity index (χ0v) is 8.36. The first kappa shape index (κ1) is 10.5. The van der Waals surface area contributed by atoms with Gasteiger partial charge < -0.3 is 4.74 Å². The molecule has 3 nitrogen and oxygen atoms in total. The molecule has 0 aliphatic heterocycles. The Hall–Kier alpha value is -1.60. The van der Waals surface area contributed by atoms with E-state index < -0.39 is 0 Å². The molecular weight excluding hydrogens is 178 g/mol. The van der Waals surface area contributed by atoms with Gasteiger partial charge in [0.1, 0.15) is 5.75 Å². The van der Waals surface area contributed by atoms with E-state index in [0.29, 0.717) is 0 Å². The Morgan fingerprint density at radius 1 is 1.43 bits per heavy atom. The Kier molecular flexibility index (Phi) is 3.89. The number of methoxy groups -OCH3 is 1. The van der Waals surface area contributed by atoms with E-state index >= 15 is 0 Å². The molecular formula is C11H13NO2. The van der Waals surface area contributed by atoms with Crippen molar-refractivity contribution < 1.29 is 9.53 Å². The Morgan fingerprint density at radius 3 is 2.57 bits per heavy atom. The van der Waals surface area contributed by atoms with Crippen LogP contribution in [0.1, 0.15) is 12.5 Å². The number of hydrogen-bond acceptors (Lipinski definition) is 3. The van der Waals surface area contributed by atoms with Crippen molar-refractivity contribution in [2.45, 2.75) is 19.4 Å². The lowest BCUT2D eigenvalue weighted by Crippen LogP contribution is -2.02. The van der Waals surface area contributed by atoms with Crippen LogP contribution in [0.15, 0.2) is 29.3 Å². The molecule has 1 unspecified atom stereocenters. The van der Waals surface area contributed by atoms with E-state index in [0.717, 1.165) is 17.7 Å². The van der Waals surface area contributed by atoms with E-state index in [1.165, 1.54) is 0 Å². The van der Waals surface area contributed by atoms with Crippen molar-refractivity contribution in [1.29, 1.82) is 0 Å². The maximum atomic E-state index is 9.99. The molecule has 1 atom stereocenters. The molecule has 0 aliphatic rings. The molecule has 0 fully saturated rings. The van der Waals surface area contributed by atoms with Crippen LogP contribution in [-0.2, 0) is 11.2 Å². The molecule has 0 N–H and O–H groups in total. The van der Waals surface area contributed by atoms with E-state index in [-0.39, 0.29) is 6.04 Å². The maximum Gasteiger partial charge on any atom is 0.235 e. The summed E-state index contributed by atoms with van der Waals surface area (Å²) in [5.41, 5.74) is 1.14. The number of ether oxygens (including phenoxy) is 1. The molecule has 74 valence electrons. The van der Waals surface area contributed by atoms with Gasteiger partial charge in [0.05, 0.1) is 13.2 Å². The minimum Gasteiger partial charge on any atom is -0.497 e. The first-order valence-corrected chi connectivity index (χ1v) is 4.46. The minimum absolute atomic E-state index is 0.0131. The smallest absolute Gasteiger partial charge is 0.235 e. The highest BCUT2D eigenvalue weighted by Crippen LogP contribution is 2.13. The van der Waals surface area contributed by atoms with Crippen LogP contribution in [0.5, 0.6) is 5.75 Å². The SMILES string of the molecule is COc1ccc(CC(C)N=C=O)cc1. The van der Waals surface area contributed by atoms with E-state index in [4.69, 9.17) is 4.74 Å². The molecule has 0 aliphatic carbocycles.